The van der Waals surface area contributed by atoms with Gasteiger partial charge in [0.2, 0.25) is 0 Å². The molecule has 1 aromatic carbocycles. The molecule has 6 nitrogen and oxygen atoms in total. The van der Waals surface area contributed by atoms with Gasteiger partial charge in [0.15, 0.2) is 0 Å². The molecule has 1 aromatic rings. The summed E-state index contributed by atoms with van der Waals surface area (Å²) >= 11 is 6.11. The summed E-state index contributed by atoms with van der Waals surface area (Å²) in [5, 5.41) is 12.5. The first-order chi connectivity index (χ1) is 11.8. The monoisotopic (exact) mass is 367 g/mol. The van der Waals surface area contributed by atoms with E-state index in [4.69, 9.17) is 16.7 Å². The zero-order chi connectivity index (χ0) is 18.6. The minimum Gasteiger partial charge on any atom is -0.481 e. The van der Waals surface area contributed by atoms with Gasteiger partial charge in [-0.1, -0.05) is 17.7 Å². The third kappa shape index (κ3) is 5.34. The number of likely N-dealkylation sites (tertiary alicyclic amines) is 1. The lowest BCUT2D eigenvalue weighted by molar-refractivity contribution is -0.137. The highest BCUT2D eigenvalue weighted by Gasteiger charge is 2.32. The predicted octanol–water partition coefficient (Wildman–Crippen LogP) is 3.30. The Labute approximate surface area is 153 Å². The fourth-order valence-corrected chi connectivity index (χ4v) is 3.53. The average molecular weight is 368 g/mol. The molecular formula is C18H26ClN3O3. The second-order valence-corrected chi connectivity index (χ2v) is 7.26. The number of piperidine rings is 1. The number of carboxylic acid groups (broad SMARTS) is 1. The molecule has 1 aliphatic heterocycles. The van der Waals surface area contributed by atoms with Gasteiger partial charge in [0.05, 0.1) is 0 Å². The average Bonchev–Trinajstić information content (AvgIpc) is 2.55. The summed E-state index contributed by atoms with van der Waals surface area (Å²) < 4.78 is 0. The Bertz CT molecular complexity index is 636. The maximum atomic E-state index is 12.6. The number of urea groups is 1. The van der Waals surface area contributed by atoms with Crippen molar-refractivity contribution in [2.24, 2.45) is 5.92 Å². The van der Waals surface area contributed by atoms with Crippen molar-refractivity contribution < 1.29 is 14.7 Å². The predicted molar refractivity (Wildman–Crippen MR) is 99.2 cm³/mol. The van der Waals surface area contributed by atoms with Crippen LogP contribution in [0.3, 0.4) is 0 Å². The van der Waals surface area contributed by atoms with E-state index in [1.54, 1.807) is 11.0 Å². The van der Waals surface area contributed by atoms with Crippen LogP contribution in [0, 0.1) is 12.8 Å². The number of anilines is 1. The maximum absolute atomic E-state index is 12.6. The number of halogens is 1. The summed E-state index contributed by atoms with van der Waals surface area (Å²) in [7, 11) is 4.00. The summed E-state index contributed by atoms with van der Waals surface area (Å²) in [6, 6.07) is 5.55. The van der Waals surface area contributed by atoms with Crippen LogP contribution < -0.4 is 5.32 Å². The molecule has 2 rings (SSSR count). The third-order valence-electron chi connectivity index (χ3n) is 4.80. The van der Waals surface area contributed by atoms with E-state index in [9.17, 15) is 9.59 Å². The van der Waals surface area contributed by atoms with Gasteiger partial charge in [-0.15, -0.1) is 0 Å². The number of hydrogen-bond donors (Lipinski definition) is 2. The Morgan fingerprint density at radius 3 is 2.72 bits per heavy atom. The molecule has 2 amide bonds. The Morgan fingerprint density at radius 2 is 2.12 bits per heavy atom. The molecule has 0 saturated carbocycles. The molecule has 0 unspecified atom stereocenters. The first-order valence-electron chi connectivity index (χ1n) is 8.48. The van der Waals surface area contributed by atoms with Crippen LogP contribution in [0.2, 0.25) is 5.02 Å². The van der Waals surface area contributed by atoms with Crippen LogP contribution in [-0.2, 0) is 4.79 Å². The lowest BCUT2D eigenvalue weighted by atomic mass is 9.87. The Hall–Kier alpha value is -1.79. The molecule has 0 radical (unpaired) electrons. The van der Waals surface area contributed by atoms with Crippen molar-refractivity contribution >= 4 is 29.3 Å². The zero-order valence-electron chi connectivity index (χ0n) is 15.0. The van der Waals surface area contributed by atoms with Crippen molar-refractivity contribution in [1.29, 1.82) is 0 Å². The lowest BCUT2D eigenvalue weighted by Gasteiger charge is -2.41. The normalized spacial score (nSPS) is 20.6. The van der Waals surface area contributed by atoms with E-state index in [1.165, 1.54) is 0 Å². The van der Waals surface area contributed by atoms with Gasteiger partial charge < -0.3 is 20.2 Å². The van der Waals surface area contributed by atoms with Gasteiger partial charge in [-0.25, -0.2) is 4.79 Å². The van der Waals surface area contributed by atoms with Crippen molar-refractivity contribution in [3.05, 3.63) is 28.8 Å². The van der Waals surface area contributed by atoms with Crippen LogP contribution in [0.15, 0.2) is 18.2 Å². The fraction of sp³-hybridized carbons (Fsp3) is 0.556. The second kappa shape index (κ2) is 8.54. The van der Waals surface area contributed by atoms with Crippen molar-refractivity contribution in [2.75, 3.05) is 32.5 Å². The van der Waals surface area contributed by atoms with Gasteiger partial charge in [0, 0.05) is 36.3 Å². The van der Waals surface area contributed by atoms with E-state index >= 15 is 0 Å². The lowest BCUT2D eigenvalue weighted by Crippen LogP contribution is -2.51. The Kier molecular flexibility index (Phi) is 6.67. The minimum absolute atomic E-state index is 0.123. The third-order valence-corrected chi connectivity index (χ3v) is 5.20. The van der Waals surface area contributed by atoms with Crippen molar-refractivity contribution in [2.45, 2.75) is 32.2 Å². The molecule has 0 aliphatic carbocycles. The summed E-state index contributed by atoms with van der Waals surface area (Å²) in [5.41, 5.74) is 1.62. The molecule has 0 aromatic heterocycles. The smallest absolute Gasteiger partial charge is 0.321 e. The first kappa shape index (κ1) is 19.5. The molecule has 25 heavy (non-hydrogen) atoms. The topological polar surface area (TPSA) is 72.9 Å². The highest BCUT2D eigenvalue weighted by Crippen LogP contribution is 2.26. The quantitative estimate of drug-likeness (QED) is 0.837. The van der Waals surface area contributed by atoms with E-state index in [1.807, 2.05) is 33.2 Å². The minimum atomic E-state index is -0.798. The number of hydrogen-bond acceptors (Lipinski definition) is 3. The largest absolute Gasteiger partial charge is 0.481 e. The second-order valence-electron chi connectivity index (χ2n) is 6.85. The van der Waals surface area contributed by atoms with E-state index in [2.05, 4.69) is 10.2 Å². The molecule has 7 heteroatoms. The molecule has 2 atom stereocenters. The number of carbonyl (C=O) groups excluding carboxylic acids is 1. The molecule has 1 aliphatic rings. The van der Waals surface area contributed by atoms with Crippen LogP contribution in [0.5, 0.6) is 0 Å². The SMILES string of the molecule is Cc1ccc(NC(=O)N2CC[C@@H](N(C)C)[C@@H](CCC(=O)O)C2)cc1Cl. The highest BCUT2D eigenvalue weighted by atomic mass is 35.5. The van der Waals surface area contributed by atoms with Crippen molar-refractivity contribution in [1.82, 2.24) is 9.80 Å². The van der Waals surface area contributed by atoms with Crippen LogP contribution >= 0.6 is 11.6 Å². The number of aryl methyl sites for hydroxylation is 1. The maximum Gasteiger partial charge on any atom is 0.321 e. The van der Waals surface area contributed by atoms with Gasteiger partial charge in [-0.3, -0.25) is 4.79 Å². The number of amides is 2. The first-order valence-corrected chi connectivity index (χ1v) is 8.86. The van der Waals surface area contributed by atoms with Crippen LogP contribution in [-0.4, -0.2) is 60.1 Å². The Balaban J connectivity index is 2.01. The van der Waals surface area contributed by atoms with E-state index < -0.39 is 5.97 Å². The number of nitrogens with one attached hydrogen (secondary N) is 1. The number of aliphatic carboxylic acids is 1. The standard InChI is InChI=1S/C18H26ClN3O3/c1-12-4-6-14(10-15(12)19)20-18(25)22-9-8-16(21(2)3)13(11-22)5-7-17(23)24/h4,6,10,13,16H,5,7-9,11H2,1-3H3,(H,20,25)(H,23,24)/t13-,16+/m0/s1. The van der Waals surface area contributed by atoms with Gasteiger partial charge in [0.1, 0.15) is 0 Å². The number of carboxylic acids is 1. The van der Waals surface area contributed by atoms with Crippen molar-refractivity contribution in [3.8, 4) is 0 Å². The molecule has 0 bridgehead atoms. The number of nitrogens with zero attached hydrogens (tertiary/aromatic N) is 2. The highest BCUT2D eigenvalue weighted by molar-refractivity contribution is 6.31. The van der Waals surface area contributed by atoms with Gasteiger partial charge in [-0.05, 0) is 57.5 Å². The summed E-state index contributed by atoms with van der Waals surface area (Å²) in [5.74, 6) is -0.652. The summed E-state index contributed by atoms with van der Waals surface area (Å²) in [6.07, 6.45) is 1.52. The molecule has 1 heterocycles. The fourth-order valence-electron chi connectivity index (χ4n) is 3.35. The molecular weight excluding hydrogens is 342 g/mol. The van der Waals surface area contributed by atoms with Gasteiger partial charge in [-0.2, -0.15) is 0 Å². The van der Waals surface area contributed by atoms with Crippen LogP contribution in [0.4, 0.5) is 10.5 Å². The number of benzene rings is 1. The number of rotatable bonds is 5. The van der Waals surface area contributed by atoms with E-state index in [-0.39, 0.29) is 24.4 Å². The van der Waals surface area contributed by atoms with Crippen LogP contribution in [0.1, 0.15) is 24.8 Å². The summed E-state index contributed by atoms with van der Waals surface area (Å²) in [6.45, 7) is 3.12. The summed E-state index contributed by atoms with van der Waals surface area (Å²) in [4.78, 5) is 27.4. The molecule has 0 spiro atoms. The Morgan fingerprint density at radius 1 is 1.40 bits per heavy atom. The van der Waals surface area contributed by atoms with E-state index in [0.717, 1.165) is 12.0 Å². The van der Waals surface area contributed by atoms with E-state index in [0.29, 0.717) is 30.2 Å². The van der Waals surface area contributed by atoms with Crippen molar-refractivity contribution in [3.63, 3.8) is 0 Å². The van der Waals surface area contributed by atoms with Gasteiger partial charge >= 0.3 is 12.0 Å². The molecule has 1 saturated heterocycles. The molecule has 138 valence electrons. The zero-order valence-corrected chi connectivity index (χ0v) is 15.7. The molecule has 1 fully saturated rings. The van der Waals surface area contributed by atoms with Gasteiger partial charge in [0.25, 0.3) is 0 Å². The number of carbonyl (C=O) groups is 2. The molecule has 2 N–H and O–H groups in total. The van der Waals surface area contributed by atoms with Crippen LogP contribution in [0.25, 0.3) is 0 Å².